The number of hydrogen-bond acceptors (Lipinski definition) is 7. The molecule has 0 aliphatic heterocycles. The van der Waals surface area contributed by atoms with Crippen molar-refractivity contribution < 1.29 is 19.1 Å². The summed E-state index contributed by atoms with van der Waals surface area (Å²) in [4.78, 5) is 30.8. The summed E-state index contributed by atoms with van der Waals surface area (Å²) in [5.41, 5.74) is 1.16. The van der Waals surface area contributed by atoms with Crippen LogP contribution in [0.2, 0.25) is 0 Å². The summed E-state index contributed by atoms with van der Waals surface area (Å²) < 4.78 is 14.2. The van der Waals surface area contributed by atoms with Gasteiger partial charge in [-0.05, 0) is 91.4 Å². The van der Waals surface area contributed by atoms with Gasteiger partial charge in [0.05, 0.1) is 12.7 Å². The minimum Gasteiger partial charge on any atom is -0.462 e. The Morgan fingerprint density at radius 1 is 0.574 bits per heavy atom. The van der Waals surface area contributed by atoms with Crippen molar-refractivity contribution >= 4 is 11.9 Å². The molecule has 0 fully saturated rings. The number of esters is 2. The molecule has 54 heavy (non-hydrogen) atoms. The molecule has 0 N–H and O–H groups in total. The Labute approximate surface area is 334 Å². The molecule has 1 heterocycles. The maximum Gasteiger partial charge on any atom is 0.306 e. The first-order valence-corrected chi connectivity index (χ1v) is 23.1. The summed E-state index contributed by atoms with van der Waals surface area (Å²) in [6, 6.07) is 0. The van der Waals surface area contributed by atoms with Crippen molar-refractivity contribution in [2.75, 3.05) is 33.7 Å². The fraction of sp³-hybridized carbons (Fsp3) is 0.891. The normalized spacial score (nSPS) is 12.8. The Bertz CT molecular complexity index is 947. The lowest BCUT2D eigenvalue weighted by Crippen LogP contribution is -2.27. The van der Waals surface area contributed by atoms with Gasteiger partial charge in [-0.1, -0.05) is 130 Å². The van der Waals surface area contributed by atoms with Crippen molar-refractivity contribution in [1.82, 2.24) is 19.6 Å². The maximum atomic E-state index is 13.1. The maximum absolute atomic E-state index is 13.1. The van der Waals surface area contributed by atoms with Crippen molar-refractivity contribution in [1.29, 1.82) is 0 Å². The van der Waals surface area contributed by atoms with Crippen molar-refractivity contribution in [2.45, 2.75) is 233 Å². The van der Waals surface area contributed by atoms with Gasteiger partial charge in [0.2, 0.25) is 0 Å². The number of carbonyl (C=O) groups is 2. The third kappa shape index (κ3) is 29.4. The molecule has 0 spiro atoms. The molecule has 2 unspecified atom stereocenters. The fourth-order valence-electron chi connectivity index (χ4n) is 7.25. The minimum atomic E-state index is -0.0585. The van der Waals surface area contributed by atoms with Crippen LogP contribution in [0.5, 0.6) is 0 Å². The summed E-state index contributed by atoms with van der Waals surface area (Å²) in [6.45, 7) is 13.1. The first-order valence-electron chi connectivity index (χ1n) is 23.1. The molecule has 2 atom stereocenters. The summed E-state index contributed by atoms with van der Waals surface area (Å²) in [7, 11) is 4.16. The molecule has 1 aromatic rings. The lowest BCUT2D eigenvalue weighted by Gasteiger charge is -2.23. The van der Waals surface area contributed by atoms with Crippen LogP contribution < -0.4 is 0 Å². The molecule has 1 rings (SSSR count). The number of unbranched alkanes of at least 4 members (excludes halogenated alkanes) is 16. The first kappa shape index (κ1) is 50.1. The van der Waals surface area contributed by atoms with Crippen LogP contribution >= 0.6 is 0 Å². The lowest BCUT2D eigenvalue weighted by atomic mass is 10.0. The van der Waals surface area contributed by atoms with Crippen LogP contribution in [0.3, 0.4) is 0 Å². The highest BCUT2D eigenvalue weighted by atomic mass is 16.5. The number of rotatable bonds is 39. The highest BCUT2D eigenvalue weighted by Crippen LogP contribution is 2.19. The van der Waals surface area contributed by atoms with Gasteiger partial charge in [-0.3, -0.25) is 19.2 Å². The summed E-state index contributed by atoms with van der Waals surface area (Å²) in [6.07, 6.45) is 35.2. The van der Waals surface area contributed by atoms with Gasteiger partial charge in [0.15, 0.2) is 0 Å². The monoisotopic (exact) mass is 761 g/mol. The lowest BCUT2D eigenvalue weighted by molar-refractivity contribution is -0.150. The van der Waals surface area contributed by atoms with Crippen molar-refractivity contribution in [3.63, 3.8) is 0 Å². The van der Waals surface area contributed by atoms with Crippen LogP contribution in [0.15, 0.2) is 12.4 Å². The Kier molecular flexibility index (Phi) is 32.9. The number of nitrogens with zero attached hydrogens (tertiary/aromatic N) is 4. The number of ether oxygens (including phenoxy) is 2. The summed E-state index contributed by atoms with van der Waals surface area (Å²) in [5, 5.41) is 4.60. The molecule has 8 heteroatoms. The van der Waals surface area contributed by atoms with E-state index in [2.05, 4.69) is 62.9 Å². The van der Waals surface area contributed by atoms with Gasteiger partial charge in [-0.25, -0.2) is 0 Å². The molecule has 0 amide bonds. The summed E-state index contributed by atoms with van der Waals surface area (Å²) >= 11 is 0. The molecule has 0 aromatic carbocycles. The molecular formula is C46H88N4O4. The second kappa shape index (κ2) is 35.5. The molecule has 0 saturated carbocycles. The third-order valence-electron chi connectivity index (χ3n) is 10.7. The molecule has 1 aromatic heterocycles. The number of aromatic nitrogens is 2. The second-order valence-corrected chi connectivity index (χ2v) is 16.4. The van der Waals surface area contributed by atoms with Crippen molar-refractivity contribution in [3.8, 4) is 0 Å². The van der Waals surface area contributed by atoms with Gasteiger partial charge in [0.1, 0.15) is 12.2 Å². The van der Waals surface area contributed by atoms with Gasteiger partial charge in [0.25, 0.3) is 0 Å². The third-order valence-corrected chi connectivity index (χ3v) is 10.7. The van der Waals surface area contributed by atoms with Crippen LogP contribution in [-0.2, 0) is 32.2 Å². The van der Waals surface area contributed by atoms with Crippen LogP contribution in [0, 0.1) is 0 Å². The van der Waals surface area contributed by atoms with Gasteiger partial charge in [0, 0.05) is 37.7 Å². The largest absolute Gasteiger partial charge is 0.462 e. The van der Waals surface area contributed by atoms with E-state index >= 15 is 0 Å². The number of hydrogen-bond donors (Lipinski definition) is 0. The zero-order valence-electron chi connectivity index (χ0n) is 36.6. The predicted molar refractivity (Wildman–Crippen MR) is 228 cm³/mol. The molecule has 0 saturated heterocycles. The molecule has 8 nitrogen and oxygen atoms in total. The van der Waals surface area contributed by atoms with Crippen LogP contribution in [0.1, 0.15) is 213 Å². The smallest absolute Gasteiger partial charge is 0.306 e. The zero-order valence-corrected chi connectivity index (χ0v) is 36.6. The second-order valence-electron chi connectivity index (χ2n) is 16.4. The Balaban J connectivity index is 2.74. The topological polar surface area (TPSA) is 76.9 Å². The van der Waals surface area contributed by atoms with E-state index in [0.717, 1.165) is 102 Å². The average molecular weight is 761 g/mol. The molecule has 0 radical (unpaired) electrons. The van der Waals surface area contributed by atoms with Crippen LogP contribution in [0.4, 0.5) is 0 Å². The Morgan fingerprint density at radius 3 is 1.37 bits per heavy atom. The SMILES string of the molecule is CCCCCCCCC(CCCCCC)OC(=O)CCCN(CCCC(=O)OC(CCCCCC)CCCCCCCC)Cc1cnn(CCN(C)C)c1. The molecular weight excluding hydrogens is 673 g/mol. The van der Waals surface area contributed by atoms with Crippen LogP contribution in [0.25, 0.3) is 0 Å². The van der Waals surface area contributed by atoms with E-state index < -0.39 is 0 Å². The zero-order chi connectivity index (χ0) is 39.5. The van der Waals surface area contributed by atoms with E-state index in [1.807, 2.05) is 10.9 Å². The van der Waals surface area contributed by atoms with Gasteiger partial charge in [-0.2, -0.15) is 5.10 Å². The predicted octanol–water partition coefficient (Wildman–Crippen LogP) is 12.1. The van der Waals surface area contributed by atoms with E-state index in [1.165, 1.54) is 103 Å². The molecule has 0 bridgehead atoms. The van der Waals surface area contributed by atoms with Crippen molar-refractivity contribution in [3.05, 3.63) is 18.0 Å². The van der Waals surface area contributed by atoms with E-state index in [4.69, 9.17) is 9.47 Å². The molecule has 0 aliphatic rings. The minimum absolute atomic E-state index is 0.0483. The first-order chi connectivity index (χ1) is 26.3. The quantitative estimate of drug-likeness (QED) is 0.0488. The highest BCUT2D eigenvalue weighted by molar-refractivity contribution is 5.69. The van der Waals surface area contributed by atoms with E-state index in [9.17, 15) is 9.59 Å². The molecule has 0 aliphatic carbocycles. The van der Waals surface area contributed by atoms with E-state index in [0.29, 0.717) is 12.8 Å². The standard InChI is InChI=1S/C46H88N4O4/c1-7-11-15-19-21-25-31-43(29-23-17-13-9-3)53-45(51)33-27-35-49(40-42-39-47-50(41-42)38-37-48(5)6)36-28-34-46(52)54-44(30-24-18-14-10-4)32-26-22-20-16-12-8-2/h39,41,43-44H,7-38,40H2,1-6H3. The fourth-order valence-corrected chi connectivity index (χ4v) is 7.25. The van der Waals surface area contributed by atoms with Gasteiger partial charge in [-0.15, -0.1) is 0 Å². The van der Waals surface area contributed by atoms with Crippen molar-refractivity contribution in [2.24, 2.45) is 0 Å². The van der Waals surface area contributed by atoms with Gasteiger partial charge >= 0.3 is 11.9 Å². The Hall–Kier alpha value is -1.93. The summed E-state index contributed by atoms with van der Waals surface area (Å²) in [5.74, 6) is -0.117. The number of likely N-dealkylation sites (N-methyl/N-ethyl adjacent to an activating group) is 1. The van der Waals surface area contributed by atoms with Gasteiger partial charge < -0.3 is 14.4 Å². The van der Waals surface area contributed by atoms with Crippen LogP contribution in [-0.4, -0.2) is 77.5 Å². The molecule has 316 valence electrons. The highest BCUT2D eigenvalue weighted by Gasteiger charge is 2.18. The van der Waals surface area contributed by atoms with E-state index in [1.54, 1.807) is 0 Å². The Morgan fingerprint density at radius 2 is 0.963 bits per heavy atom. The number of carbonyl (C=O) groups excluding carboxylic acids is 2. The van der Waals surface area contributed by atoms with E-state index in [-0.39, 0.29) is 24.1 Å². The average Bonchev–Trinajstić information content (AvgIpc) is 3.60.